The Hall–Kier alpha value is -0.770. The number of piperidine rings is 1. The van der Waals surface area contributed by atoms with Gasteiger partial charge in [-0.25, -0.2) is 4.79 Å². The number of hydrogen-bond acceptors (Lipinski definition) is 3. The van der Waals surface area contributed by atoms with Crippen molar-refractivity contribution in [1.29, 1.82) is 0 Å². The van der Waals surface area contributed by atoms with E-state index in [9.17, 15) is 4.79 Å². The third kappa shape index (κ3) is 2.28. The number of ether oxygens (including phenoxy) is 1. The summed E-state index contributed by atoms with van der Waals surface area (Å²) in [6.45, 7) is 11.1. The minimum atomic E-state index is -0.434. The van der Waals surface area contributed by atoms with Crippen molar-refractivity contribution in [3.8, 4) is 0 Å². The number of carbonyl (C=O) groups is 1. The maximum absolute atomic E-state index is 11.9. The van der Waals surface area contributed by atoms with Crippen LogP contribution in [0.4, 0.5) is 4.79 Å². The molecule has 2 bridgehead atoms. The number of fused-ring (bicyclic) bond motifs is 2. The second-order valence-electron chi connectivity index (χ2n) is 7.00. The summed E-state index contributed by atoms with van der Waals surface area (Å²) in [4.78, 5) is 11.9. The van der Waals surface area contributed by atoms with Crippen LogP contribution >= 0.6 is 0 Å². The van der Waals surface area contributed by atoms with Gasteiger partial charge in [0.05, 0.1) is 6.04 Å². The Morgan fingerprint density at radius 2 is 2.00 bits per heavy atom. The van der Waals surface area contributed by atoms with Gasteiger partial charge in [-0.15, -0.1) is 0 Å². The lowest BCUT2D eigenvalue weighted by molar-refractivity contribution is 0.0467. The summed E-state index contributed by atoms with van der Waals surface area (Å²) in [5.74, 6) is 0. The maximum atomic E-state index is 11.9. The first-order chi connectivity index (χ1) is 7.65. The molecule has 2 fully saturated rings. The predicted molar refractivity (Wildman–Crippen MR) is 66.9 cm³/mol. The average molecular weight is 240 g/mol. The minimum absolute atomic E-state index is 0.0334. The Morgan fingerprint density at radius 3 is 2.35 bits per heavy atom. The molecule has 1 saturated carbocycles. The fourth-order valence-corrected chi connectivity index (χ4v) is 3.15. The Labute approximate surface area is 103 Å². The van der Waals surface area contributed by atoms with Crippen LogP contribution < -0.4 is 10.6 Å². The van der Waals surface area contributed by atoms with Crippen molar-refractivity contribution in [3.05, 3.63) is 0 Å². The standard InChI is InChI=1S/C13H24N2O2/c1-11(2,3)17-10(16)15-9-12(4)6-7-13(9,5)14-8-12/h9,14H,6-8H2,1-5H3,(H,15,16)/t9-,12-,13-/m1/s1. The molecule has 0 unspecified atom stereocenters. The molecule has 3 atom stereocenters. The fourth-order valence-electron chi connectivity index (χ4n) is 3.15. The van der Waals surface area contributed by atoms with Crippen LogP contribution in [0, 0.1) is 5.41 Å². The van der Waals surface area contributed by atoms with E-state index in [1.807, 2.05) is 20.8 Å². The van der Waals surface area contributed by atoms with Crippen LogP contribution in [0.5, 0.6) is 0 Å². The summed E-state index contributed by atoms with van der Waals surface area (Å²) in [6.07, 6.45) is 1.98. The average Bonchev–Trinajstić information content (AvgIpc) is 2.52. The SMILES string of the molecule is CC(C)(C)OC(=O)N[C@@H]1[C@]2(C)CC[C@@]1(C)NC2. The van der Waals surface area contributed by atoms with Crippen molar-refractivity contribution in [3.63, 3.8) is 0 Å². The van der Waals surface area contributed by atoms with Crippen LogP contribution in [0.1, 0.15) is 47.5 Å². The molecule has 0 aromatic heterocycles. The van der Waals surface area contributed by atoms with Gasteiger partial charge in [0.15, 0.2) is 0 Å². The topological polar surface area (TPSA) is 50.4 Å². The van der Waals surface area contributed by atoms with E-state index in [0.29, 0.717) is 0 Å². The van der Waals surface area contributed by atoms with Gasteiger partial charge in [-0.2, -0.15) is 0 Å². The molecule has 4 nitrogen and oxygen atoms in total. The van der Waals surface area contributed by atoms with E-state index >= 15 is 0 Å². The van der Waals surface area contributed by atoms with E-state index in [4.69, 9.17) is 4.74 Å². The van der Waals surface area contributed by atoms with Gasteiger partial charge in [0.2, 0.25) is 0 Å². The third-order valence-electron chi connectivity index (χ3n) is 4.11. The first-order valence-electron chi connectivity index (χ1n) is 6.39. The van der Waals surface area contributed by atoms with Crippen LogP contribution in [0.25, 0.3) is 0 Å². The largest absolute Gasteiger partial charge is 0.444 e. The molecule has 1 amide bonds. The zero-order valence-corrected chi connectivity index (χ0v) is 11.5. The Morgan fingerprint density at radius 1 is 1.35 bits per heavy atom. The summed E-state index contributed by atoms with van der Waals surface area (Å²) in [6, 6.07) is 0.171. The van der Waals surface area contributed by atoms with E-state index in [-0.39, 0.29) is 23.1 Å². The molecule has 1 aliphatic carbocycles. The lowest BCUT2D eigenvalue weighted by Crippen LogP contribution is -2.53. The summed E-state index contributed by atoms with van der Waals surface area (Å²) in [5, 5.41) is 6.58. The molecule has 0 radical (unpaired) electrons. The van der Waals surface area contributed by atoms with E-state index in [0.717, 1.165) is 19.4 Å². The van der Waals surface area contributed by atoms with Crippen molar-refractivity contribution in [1.82, 2.24) is 10.6 Å². The van der Waals surface area contributed by atoms with Crippen molar-refractivity contribution in [2.75, 3.05) is 6.54 Å². The zero-order valence-electron chi connectivity index (χ0n) is 11.5. The van der Waals surface area contributed by atoms with Gasteiger partial charge in [0.25, 0.3) is 0 Å². The molecule has 2 rings (SSSR count). The highest BCUT2D eigenvalue weighted by atomic mass is 16.6. The highest BCUT2D eigenvalue weighted by Gasteiger charge is 2.58. The third-order valence-corrected chi connectivity index (χ3v) is 4.11. The number of amides is 1. The quantitative estimate of drug-likeness (QED) is 0.737. The van der Waals surface area contributed by atoms with E-state index in [1.54, 1.807) is 0 Å². The van der Waals surface area contributed by atoms with Gasteiger partial charge in [-0.3, -0.25) is 0 Å². The van der Waals surface area contributed by atoms with Crippen molar-refractivity contribution in [2.24, 2.45) is 5.41 Å². The fraction of sp³-hybridized carbons (Fsp3) is 0.923. The molecule has 0 aromatic rings. The summed E-state index contributed by atoms with van der Waals surface area (Å²) >= 11 is 0. The molecular formula is C13H24N2O2. The highest BCUT2D eigenvalue weighted by molar-refractivity contribution is 5.68. The van der Waals surface area contributed by atoms with Crippen molar-refractivity contribution >= 4 is 6.09 Å². The Balaban J connectivity index is 2.02. The smallest absolute Gasteiger partial charge is 0.407 e. The molecular weight excluding hydrogens is 216 g/mol. The monoisotopic (exact) mass is 240 g/mol. The van der Waals surface area contributed by atoms with Crippen LogP contribution in [-0.2, 0) is 4.74 Å². The number of alkyl carbamates (subject to hydrolysis) is 1. The molecule has 0 spiro atoms. The van der Waals surface area contributed by atoms with Gasteiger partial charge >= 0.3 is 6.09 Å². The van der Waals surface area contributed by atoms with Crippen LogP contribution in [0.15, 0.2) is 0 Å². The number of hydrogen-bond donors (Lipinski definition) is 2. The van der Waals surface area contributed by atoms with E-state index in [1.165, 1.54) is 0 Å². The number of rotatable bonds is 1. The molecule has 98 valence electrons. The molecule has 2 N–H and O–H groups in total. The summed E-state index contributed by atoms with van der Waals surface area (Å²) < 4.78 is 5.34. The van der Waals surface area contributed by atoms with Gasteiger partial charge < -0.3 is 15.4 Å². The summed E-state index contributed by atoms with van der Waals surface area (Å²) in [7, 11) is 0. The summed E-state index contributed by atoms with van der Waals surface area (Å²) in [5.41, 5.74) is -0.228. The Bertz CT molecular complexity index is 307. The first kappa shape index (κ1) is 12.7. The zero-order chi connectivity index (χ0) is 12.9. The van der Waals surface area contributed by atoms with Crippen molar-refractivity contribution in [2.45, 2.75) is 64.6 Å². The van der Waals surface area contributed by atoms with Gasteiger partial charge in [-0.1, -0.05) is 6.92 Å². The van der Waals surface area contributed by atoms with E-state index < -0.39 is 5.60 Å². The predicted octanol–water partition coefficient (Wildman–Crippen LogP) is 2.04. The molecule has 4 heteroatoms. The molecule has 1 saturated heterocycles. The molecule has 0 aromatic carbocycles. The first-order valence-corrected chi connectivity index (χ1v) is 6.39. The maximum Gasteiger partial charge on any atom is 0.407 e. The second-order valence-corrected chi connectivity index (χ2v) is 7.00. The lowest BCUT2D eigenvalue weighted by atomic mass is 9.85. The number of nitrogens with one attached hydrogen (secondary N) is 2. The number of carbonyl (C=O) groups excluding carboxylic acids is 1. The van der Waals surface area contributed by atoms with Gasteiger partial charge in [0.1, 0.15) is 5.60 Å². The molecule has 1 heterocycles. The highest BCUT2D eigenvalue weighted by Crippen LogP contribution is 2.48. The van der Waals surface area contributed by atoms with Gasteiger partial charge in [-0.05, 0) is 40.5 Å². The molecule has 1 aliphatic heterocycles. The van der Waals surface area contributed by atoms with Gasteiger partial charge in [0, 0.05) is 17.5 Å². The van der Waals surface area contributed by atoms with Crippen LogP contribution in [-0.4, -0.2) is 29.8 Å². The Kier molecular flexibility index (Phi) is 2.69. The minimum Gasteiger partial charge on any atom is -0.444 e. The van der Waals surface area contributed by atoms with Crippen LogP contribution in [0.3, 0.4) is 0 Å². The van der Waals surface area contributed by atoms with E-state index in [2.05, 4.69) is 24.5 Å². The lowest BCUT2D eigenvalue weighted by Gasteiger charge is -2.31. The normalized spacial score (nSPS) is 40.4. The van der Waals surface area contributed by atoms with Crippen LogP contribution in [0.2, 0.25) is 0 Å². The molecule has 17 heavy (non-hydrogen) atoms. The molecule has 2 aliphatic rings. The second kappa shape index (κ2) is 3.61. The van der Waals surface area contributed by atoms with Crippen molar-refractivity contribution < 1.29 is 9.53 Å².